The Hall–Kier alpha value is -2.34. The minimum atomic E-state index is -1.46. The third-order valence-corrected chi connectivity index (χ3v) is 5.13. The van der Waals surface area contributed by atoms with Crippen LogP contribution in [0.1, 0.15) is 17.0 Å². The topological polar surface area (TPSA) is 62.4 Å². The largest absolute Gasteiger partial charge is 0.373 e. The van der Waals surface area contributed by atoms with Crippen molar-refractivity contribution in [3.63, 3.8) is 0 Å². The molecule has 0 saturated heterocycles. The number of rotatable bonds is 5. The molecule has 2 N–H and O–H groups in total. The van der Waals surface area contributed by atoms with Crippen molar-refractivity contribution in [3.8, 4) is 0 Å². The van der Waals surface area contributed by atoms with E-state index in [4.69, 9.17) is 23.2 Å². The molecule has 0 unspecified atom stereocenters. The van der Waals surface area contributed by atoms with E-state index in [1.54, 1.807) is 54.7 Å². The first-order chi connectivity index (χ1) is 13.1. The van der Waals surface area contributed by atoms with Gasteiger partial charge in [-0.2, -0.15) is 0 Å². The van der Waals surface area contributed by atoms with Gasteiger partial charge in [-0.25, -0.2) is 4.98 Å². The third-order valence-electron chi connectivity index (χ3n) is 4.63. The Bertz CT molecular complexity index is 919. The van der Waals surface area contributed by atoms with E-state index < -0.39 is 5.60 Å². The molecule has 138 valence electrons. The van der Waals surface area contributed by atoms with Gasteiger partial charge in [-0.3, -0.25) is 4.99 Å². The minimum Gasteiger partial charge on any atom is -0.373 e. The standard InChI is InChI=1S/C20H18Cl2N4O/c21-16-5-1-14(2-6-16)20(27,15-3-7-17(22)8-4-15)19-25-11-12-26(19)13-18-23-9-10-24-18/h1-8,11-12,27H,9-10,13H2,(H,23,24). The molecule has 7 heteroatoms. The maximum Gasteiger partial charge on any atom is 0.173 e. The highest BCUT2D eigenvalue weighted by molar-refractivity contribution is 6.30. The summed E-state index contributed by atoms with van der Waals surface area (Å²) in [6, 6.07) is 14.3. The Kier molecular flexibility index (Phi) is 4.91. The molecule has 0 bridgehead atoms. The van der Waals surface area contributed by atoms with Crippen LogP contribution in [0.3, 0.4) is 0 Å². The normalized spacial score (nSPS) is 14.1. The zero-order valence-corrected chi connectivity index (χ0v) is 16.0. The molecule has 27 heavy (non-hydrogen) atoms. The number of halogens is 2. The highest BCUT2D eigenvalue weighted by atomic mass is 35.5. The molecule has 2 heterocycles. The van der Waals surface area contributed by atoms with Gasteiger partial charge in [-0.1, -0.05) is 47.5 Å². The second-order valence-corrected chi connectivity index (χ2v) is 7.23. The van der Waals surface area contributed by atoms with Crippen LogP contribution in [-0.4, -0.2) is 33.6 Å². The molecule has 1 aliphatic rings. The molecule has 3 aromatic rings. The monoisotopic (exact) mass is 400 g/mol. The molecule has 1 aromatic heterocycles. The minimum absolute atomic E-state index is 0.503. The van der Waals surface area contributed by atoms with E-state index in [2.05, 4.69) is 15.3 Å². The van der Waals surface area contributed by atoms with Gasteiger partial charge in [0.2, 0.25) is 0 Å². The van der Waals surface area contributed by atoms with Crippen LogP contribution in [0.15, 0.2) is 65.9 Å². The lowest BCUT2D eigenvalue weighted by Gasteiger charge is -2.29. The second-order valence-electron chi connectivity index (χ2n) is 6.36. The van der Waals surface area contributed by atoms with E-state index in [1.807, 2.05) is 10.8 Å². The lowest BCUT2D eigenvalue weighted by Crippen LogP contribution is -2.34. The molecule has 0 fully saturated rings. The predicted octanol–water partition coefficient (Wildman–Crippen LogP) is 3.48. The predicted molar refractivity (Wildman–Crippen MR) is 108 cm³/mol. The maximum absolute atomic E-state index is 11.9. The number of hydrogen-bond acceptors (Lipinski definition) is 4. The fourth-order valence-corrected chi connectivity index (χ4v) is 3.53. The zero-order chi connectivity index (χ0) is 18.9. The van der Waals surface area contributed by atoms with E-state index >= 15 is 0 Å². The number of nitrogens with zero attached hydrogens (tertiary/aromatic N) is 3. The van der Waals surface area contributed by atoms with Gasteiger partial charge in [0.05, 0.1) is 13.1 Å². The fraction of sp³-hybridized carbons (Fsp3) is 0.200. The first kappa shape index (κ1) is 18.0. The van der Waals surface area contributed by atoms with Gasteiger partial charge in [0.15, 0.2) is 11.4 Å². The molecule has 4 rings (SSSR count). The molecule has 0 atom stereocenters. The SMILES string of the molecule is OC(c1ccc(Cl)cc1)(c1ccc(Cl)cc1)c1nccn1CC1=NCCN1. The van der Waals surface area contributed by atoms with Gasteiger partial charge in [-0.05, 0) is 35.4 Å². The van der Waals surface area contributed by atoms with Gasteiger partial charge in [-0.15, -0.1) is 0 Å². The van der Waals surface area contributed by atoms with Crippen molar-refractivity contribution in [2.24, 2.45) is 4.99 Å². The summed E-state index contributed by atoms with van der Waals surface area (Å²) in [5.41, 5.74) is -0.122. The first-order valence-electron chi connectivity index (χ1n) is 8.60. The number of aliphatic imine (C=N–C) groups is 1. The van der Waals surface area contributed by atoms with Crippen LogP contribution >= 0.6 is 23.2 Å². The van der Waals surface area contributed by atoms with Crippen LogP contribution in [0.2, 0.25) is 10.0 Å². The molecule has 1 aliphatic heterocycles. The summed E-state index contributed by atoms with van der Waals surface area (Å²) < 4.78 is 1.90. The summed E-state index contributed by atoms with van der Waals surface area (Å²) in [5, 5.41) is 16.4. The summed E-state index contributed by atoms with van der Waals surface area (Å²) in [5.74, 6) is 1.38. The molecular formula is C20H18Cl2N4O. The summed E-state index contributed by atoms with van der Waals surface area (Å²) in [6.07, 6.45) is 3.52. The van der Waals surface area contributed by atoms with E-state index in [9.17, 15) is 5.11 Å². The van der Waals surface area contributed by atoms with Gasteiger partial charge in [0.1, 0.15) is 5.84 Å². The molecule has 0 amide bonds. The first-order valence-corrected chi connectivity index (χ1v) is 9.36. The Morgan fingerprint density at radius 3 is 2.11 bits per heavy atom. The van der Waals surface area contributed by atoms with Gasteiger partial charge >= 0.3 is 0 Å². The van der Waals surface area contributed by atoms with Crippen molar-refractivity contribution >= 4 is 29.0 Å². The average molecular weight is 401 g/mol. The number of imidazole rings is 1. The van der Waals surface area contributed by atoms with Gasteiger partial charge in [0.25, 0.3) is 0 Å². The van der Waals surface area contributed by atoms with Crippen LogP contribution in [0.4, 0.5) is 0 Å². The lowest BCUT2D eigenvalue weighted by atomic mass is 9.85. The van der Waals surface area contributed by atoms with Gasteiger partial charge in [0, 0.05) is 29.0 Å². The van der Waals surface area contributed by atoms with Crippen LogP contribution in [0.5, 0.6) is 0 Å². The van der Waals surface area contributed by atoms with Crippen LogP contribution < -0.4 is 5.32 Å². The van der Waals surface area contributed by atoms with Crippen molar-refractivity contribution in [2.75, 3.05) is 13.1 Å². The second kappa shape index (κ2) is 7.35. The third kappa shape index (κ3) is 3.46. The summed E-state index contributed by atoms with van der Waals surface area (Å²) in [4.78, 5) is 8.93. The van der Waals surface area contributed by atoms with Crippen LogP contribution in [0.25, 0.3) is 0 Å². The fourth-order valence-electron chi connectivity index (χ4n) is 3.28. The Morgan fingerprint density at radius 2 is 1.59 bits per heavy atom. The van der Waals surface area contributed by atoms with E-state index in [1.165, 1.54) is 0 Å². The highest BCUT2D eigenvalue weighted by Gasteiger charge is 2.38. The Labute approximate surface area is 167 Å². The molecule has 0 aliphatic carbocycles. The number of hydrogen-bond donors (Lipinski definition) is 2. The number of aliphatic hydroxyl groups is 1. The zero-order valence-electron chi connectivity index (χ0n) is 14.4. The quantitative estimate of drug-likeness (QED) is 0.688. The molecule has 0 spiro atoms. The number of nitrogens with one attached hydrogen (secondary N) is 1. The van der Waals surface area contributed by atoms with Crippen LogP contribution in [0, 0.1) is 0 Å². The summed E-state index contributed by atoms with van der Waals surface area (Å²) in [7, 11) is 0. The molecule has 2 aromatic carbocycles. The van der Waals surface area contributed by atoms with Crippen molar-refractivity contribution < 1.29 is 5.11 Å². The molecular weight excluding hydrogens is 383 g/mol. The van der Waals surface area contributed by atoms with Crippen LogP contribution in [-0.2, 0) is 12.1 Å². The maximum atomic E-state index is 11.9. The highest BCUT2D eigenvalue weighted by Crippen LogP contribution is 2.36. The smallest absolute Gasteiger partial charge is 0.173 e. The van der Waals surface area contributed by atoms with Crippen molar-refractivity contribution in [1.82, 2.24) is 14.9 Å². The number of aromatic nitrogens is 2. The average Bonchev–Trinajstić information content (AvgIpc) is 3.35. The molecule has 5 nitrogen and oxygen atoms in total. The Morgan fingerprint density at radius 1 is 1.00 bits per heavy atom. The summed E-state index contributed by atoms with van der Waals surface area (Å²) >= 11 is 12.1. The van der Waals surface area contributed by atoms with Gasteiger partial charge < -0.3 is 15.0 Å². The summed E-state index contributed by atoms with van der Waals surface area (Å²) in [6.45, 7) is 2.11. The van der Waals surface area contributed by atoms with Crippen molar-refractivity contribution in [1.29, 1.82) is 0 Å². The van der Waals surface area contributed by atoms with E-state index in [-0.39, 0.29) is 0 Å². The number of amidine groups is 1. The van der Waals surface area contributed by atoms with E-state index in [0.717, 1.165) is 18.9 Å². The van der Waals surface area contributed by atoms with Crippen molar-refractivity contribution in [3.05, 3.63) is 87.9 Å². The lowest BCUT2D eigenvalue weighted by molar-refractivity contribution is 0.112. The molecule has 0 radical (unpaired) electrons. The molecule has 0 saturated carbocycles. The van der Waals surface area contributed by atoms with E-state index in [0.29, 0.717) is 33.5 Å². The van der Waals surface area contributed by atoms with Crippen molar-refractivity contribution in [2.45, 2.75) is 12.1 Å². The Balaban J connectivity index is 1.85. The number of benzene rings is 2.